The molecule has 3 nitrogen and oxygen atoms in total. The van der Waals surface area contributed by atoms with Crippen LogP contribution in [0.3, 0.4) is 0 Å². The van der Waals surface area contributed by atoms with Crippen molar-refractivity contribution in [3.05, 3.63) is 34.1 Å². The van der Waals surface area contributed by atoms with Crippen molar-refractivity contribution in [2.75, 3.05) is 0 Å². The third kappa shape index (κ3) is 8.68. The molecular weight excluding hydrogens is 289 g/mol. The Kier molecular flexibility index (Phi) is 6.16. The lowest BCUT2D eigenvalue weighted by Gasteiger charge is -2.16. The second-order valence-electron chi connectivity index (χ2n) is 4.43. The molecule has 0 aliphatic heterocycles. The highest BCUT2D eigenvalue weighted by atomic mass is 79.9. The van der Waals surface area contributed by atoms with E-state index in [0.717, 1.165) is 10.0 Å². The van der Waals surface area contributed by atoms with Crippen molar-refractivity contribution in [3.8, 4) is 0 Å². The predicted molar refractivity (Wildman–Crippen MR) is 69.3 cm³/mol. The summed E-state index contributed by atoms with van der Waals surface area (Å²) in [6.07, 6.45) is -0.725. The molecule has 0 saturated carbocycles. The molecule has 0 radical (unpaired) electrons. The fraction of sp³-hybridized carbons (Fsp3) is 0.417. The molecule has 1 aromatic rings. The van der Waals surface area contributed by atoms with Crippen LogP contribution in [0.25, 0.3) is 0 Å². The van der Waals surface area contributed by atoms with Crippen molar-refractivity contribution in [2.24, 2.45) is 5.73 Å². The number of rotatable bonds is 0. The maximum absolute atomic E-state index is 12.3. The number of benzene rings is 1. The summed E-state index contributed by atoms with van der Waals surface area (Å²) in [6, 6.07) is 4.62. The molecule has 0 aliphatic carbocycles. The van der Waals surface area contributed by atoms with Gasteiger partial charge in [0.15, 0.2) is 0 Å². The molecule has 0 saturated heterocycles. The van der Waals surface area contributed by atoms with Crippen LogP contribution in [0.2, 0.25) is 0 Å². The summed E-state index contributed by atoms with van der Waals surface area (Å²) in [5.41, 5.74) is 5.19. The van der Waals surface area contributed by atoms with Gasteiger partial charge in [-0.15, -0.1) is 0 Å². The minimum Gasteiger partial charge on any atom is -0.444 e. The van der Waals surface area contributed by atoms with E-state index in [2.05, 4.69) is 20.7 Å². The molecule has 1 rings (SSSR count). The fourth-order valence-electron chi connectivity index (χ4n) is 0.910. The van der Waals surface area contributed by atoms with Crippen molar-refractivity contribution < 1.29 is 13.9 Å². The number of hydrogen-bond donors (Lipinski definition) is 1. The van der Waals surface area contributed by atoms with E-state index >= 15 is 0 Å². The maximum atomic E-state index is 12.3. The molecule has 5 heteroatoms. The van der Waals surface area contributed by atoms with Crippen molar-refractivity contribution in [3.63, 3.8) is 0 Å². The van der Waals surface area contributed by atoms with E-state index in [4.69, 9.17) is 5.73 Å². The summed E-state index contributed by atoms with van der Waals surface area (Å²) in [4.78, 5) is 10.0. The molecule has 0 aliphatic rings. The summed E-state index contributed by atoms with van der Waals surface area (Å²) in [6.45, 7) is 7.14. The summed E-state index contributed by atoms with van der Waals surface area (Å²) in [5.74, 6) is -0.185. The maximum Gasteiger partial charge on any atom is 0.405 e. The Morgan fingerprint density at radius 1 is 1.41 bits per heavy atom. The molecule has 0 heterocycles. The zero-order valence-corrected chi connectivity index (χ0v) is 12.0. The monoisotopic (exact) mass is 305 g/mol. The zero-order valence-electron chi connectivity index (χ0n) is 10.4. The van der Waals surface area contributed by atoms with E-state index in [-0.39, 0.29) is 5.82 Å². The van der Waals surface area contributed by atoms with Gasteiger partial charge in [0.1, 0.15) is 11.4 Å². The predicted octanol–water partition coefficient (Wildman–Crippen LogP) is 3.78. The van der Waals surface area contributed by atoms with Gasteiger partial charge in [0.25, 0.3) is 0 Å². The molecule has 2 N–H and O–H groups in total. The first kappa shape index (κ1) is 15.9. The minimum absolute atomic E-state index is 0.185. The number of primary amides is 1. The smallest absolute Gasteiger partial charge is 0.405 e. The summed E-state index contributed by atoms with van der Waals surface area (Å²) >= 11 is 3.26. The van der Waals surface area contributed by atoms with Crippen LogP contribution in [0.15, 0.2) is 22.7 Å². The standard InChI is InChI=1S/C7H6BrF.C5H11NO2/c1-5-4-6(9)2-3-7(5)8;1-5(2,3)8-4(6)7/h2-4H,1H3;1-3H3,(H2,6,7). The minimum atomic E-state index is -0.725. The average molecular weight is 306 g/mol. The van der Waals surface area contributed by atoms with E-state index in [1.54, 1.807) is 26.8 Å². The number of ether oxygens (including phenoxy) is 1. The van der Waals surface area contributed by atoms with Crippen LogP contribution in [-0.2, 0) is 4.74 Å². The van der Waals surface area contributed by atoms with Gasteiger partial charge in [-0.25, -0.2) is 9.18 Å². The number of aryl methyl sites for hydroxylation is 1. The number of hydrogen-bond acceptors (Lipinski definition) is 2. The molecule has 1 aromatic carbocycles. The van der Waals surface area contributed by atoms with E-state index in [9.17, 15) is 9.18 Å². The lowest BCUT2D eigenvalue weighted by Crippen LogP contribution is -2.27. The normalized spacial score (nSPS) is 10.2. The van der Waals surface area contributed by atoms with Crippen LogP contribution >= 0.6 is 15.9 Å². The van der Waals surface area contributed by atoms with Gasteiger partial charge in [-0.1, -0.05) is 15.9 Å². The lowest BCUT2D eigenvalue weighted by atomic mass is 10.2. The lowest BCUT2D eigenvalue weighted by molar-refractivity contribution is 0.0600. The highest BCUT2D eigenvalue weighted by molar-refractivity contribution is 9.10. The molecule has 0 aromatic heterocycles. The Morgan fingerprint density at radius 2 is 1.94 bits per heavy atom. The first-order valence-corrected chi connectivity index (χ1v) is 5.81. The van der Waals surface area contributed by atoms with Gasteiger partial charge in [0.05, 0.1) is 0 Å². The number of nitrogens with two attached hydrogens (primary N) is 1. The third-order valence-corrected chi connectivity index (χ3v) is 2.42. The van der Waals surface area contributed by atoms with Gasteiger partial charge < -0.3 is 10.5 Å². The highest BCUT2D eigenvalue weighted by Gasteiger charge is 2.12. The molecule has 0 bridgehead atoms. The van der Waals surface area contributed by atoms with Crippen molar-refractivity contribution in [2.45, 2.75) is 33.3 Å². The number of carbonyl (C=O) groups is 1. The van der Waals surface area contributed by atoms with Gasteiger partial charge in [0.2, 0.25) is 0 Å². The van der Waals surface area contributed by atoms with Gasteiger partial charge in [-0.3, -0.25) is 0 Å². The summed E-state index contributed by atoms with van der Waals surface area (Å²) in [7, 11) is 0. The molecule has 0 atom stereocenters. The third-order valence-electron chi connectivity index (χ3n) is 1.53. The van der Waals surface area contributed by atoms with Gasteiger partial charge >= 0.3 is 6.09 Å². The van der Waals surface area contributed by atoms with E-state index < -0.39 is 11.7 Å². The Balaban J connectivity index is 0.000000304. The Hall–Kier alpha value is -1.10. The SMILES string of the molecule is CC(C)(C)OC(N)=O.Cc1cc(F)ccc1Br. The number of halogens is 2. The molecule has 1 amide bonds. The van der Waals surface area contributed by atoms with Crippen LogP contribution in [0.4, 0.5) is 9.18 Å². The topological polar surface area (TPSA) is 52.3 Å². The van der Waals surface area contributed by atoms with Crippen LogP contribution in [0, 0.1) is 12.7 Å². The Morgan fingerprint density at radius 3 is 2.18 bits per heavy atom. The second-order valence-corrected chi connectivity index (χ2v) is 5.28. The van der Waals surface area contributed by atoms with Crippen molar-refractivity contribution in [1.29, 1.82) is 0 Å². The fourth-order valence-corrected chi connectivity index (χ4v) is 1.16. The second kappa shape index (κ2) is 6.59. The number of carbonyl (C=O) groups excluding carboxylic acids is 1. The van der Waals surface area contributed by atoms with Crippen LogP contribution in [-0.4, -0.2) is 11.7 Å². The van der Waals surface area contributed by atoms with Gasteiger partial charge in [-0.05, 0) is 51.5 Å². The molecule has 0 spiro atoms. The van der Waals surface area contributed by atoms with Crippen LogP contribution in [0.1, 0.15) is 26.3 Å². The quantitative estimate of drug-likeness (QED) is 0.793. The highest BCUT2D eigenvalue weighted by Crippen LogP contribution is 2.15. The zero-order chi connectivity index (χ0) is 13.6. The first-order chi connectivity index (χ1) is 7.61. The van der Waals surface area contributed by atoms with Gasteiger partial charge in [-0.2, -0.15) is 0 Å². The first-order valence-electron chi connectivity index (χ1n) is 5.02. The summed E-state index contributed by atoms with van der Waals surface area (Å²) in [5, 5.41) is 0. The molecular formula is C12H17BrFNO2. The van der Waals surface area contributed by atoms with E-state index in [0.29, 0.717) is 0 Å². The molecule has 17 heavy (non-hydrogen) atoms. The Bertz CT molecular complexity index is 389. The van der Waals surface area contributed by atoms with Gasteiger partial charge in [0, 0.05) is 4.47 Å². The Labute approximate surface area is 109 Å². The van der Waals surface area contributed by atoms with Crippen LogP contribution < -0.4 is 5.73 Å². The van der Waals surface area contributed by atoms with Crippen molar-refractivity contribution in [1.82, 2.24) is 0 Å². The average Bonchev–Trinajstić information content (AvgIpc) is 2.08. The van der Waals surface area contributed by atoms with E-state index in [1.807, 2.05) is 6.92 Å². The summed E-state index contributed by atoms with van der Waals surface area (Å²) < 4.78 is 17.9. The number of amides is 1. The van der Waals surface area contributed by atoms with Crippen LogP contribution in [0.5, 0.6) is 0 Å². The van der Waals surface area contributed by atoms with Crippen molar-refractivity contribution >= 4 is 22.0 Å². The van der Waals surface area contributed by atoms with E-state index in [1.165, 1.54) is 12.1 Å². The molecule has 0 unspecified atom stereocenters. The largest absolute Gasteiger partial charge is 0.444 e. The molecule has 96 valence electrons. The molecule has 0 fully saturated rings.